The minimum absolute atomic E-state index is 0.177. The SMILES string of the molecule is CCC(N)C(=O)Nc1ccc(N2CCOCC2)nc1. The third-order valence-corrected chi connectivity index (χ3v) is 3.13. The Morgan fingerprint density at radius 1 is 1.53 bits per heavy atom. The second-order valence-corrected chi connectivity index (χ2v) is 4.51. The van der Waals surface area contributed by atoms with Crippen molar-refractivity contribution in [1.82, 2.24) is 4.98 Å². The van der Waals surface area contributed by atoms with Crippen LogP contribution in [-0.2, 0) is 9.53 Å². The predicted octanol–water partition coefficient (Wildman–Crippen LogP) is 0.594. The van der Waals surface area contributed by atoms with Crippen molar-refractivity contribution in [2.45, 2.75) is 19.4 Å². The molecule has 1 unspecified atom stereocenters. The van der Waals surface area contributed by atoms with Crippen molar-refractivity contribution in [2.24, 2.45) is 5.73 Å². The van der Waals surface area contributed by atoms with Crippen LogP contribution in [0, 0.1) is 0 Å². The zero-order valence-corrected chi connectivity index (χ0v) is 11.1. The topological polar surface area (TPSA) is 80.5 Å². The first-order valence-corrected chi connectivity index (χ1v) is 6.56. The highest BCUT2D eigenvalue weighted by Crippen LogP contribution is 2.15. The largest absolute Gasteiger partial charge is 0.378 e. The van der Waals surface area contributed by atoms with E-state index in [4.69, 9.17) is 10.5 Å². The zero-order valence-electron chi connectivity index (χ0n) is 11.1. The molecule has 1 aliphatic rings. The number of morpholine rings is 1. The van der Waals surface area contributed by atoms with Gasteiger partial charge in [0.05, 0.1) is 31.1 Å². The molecule has 1 saturated heterocycles. The molecule has 3 N–H and O–H groups in total. The third kappa shape index (κ3) is 3.65. The summed E-state index contributed by atoms with van der Waals surface area (Å²) in [7, 11) is 0. The van der Waals surface area contributed by atoms with Crippen molar-refractivity contribution in [3.63, 3.8) is 0 Å². The molecule has 1 aliphatic heterocycles. The lowest BCUT2D eigenvalue weighted by atomic mass is 10.2. The van der Waals surface area contributed by atoms with Gasteiger partial charge in [-0.1, -0.05) is 6.92 Å². The molecule has 19 heavy (non-hydrogen) atoms. The van der Waals surface area contributed by atoms with Gasteiger partial charge in [-0.05, 0) is 18.6 Å². The maximum absolute atomic E-state index is 11.6. The van der Waals surface area contributed by atoms with E-state index >= 15 is 0 Å². The Labute approximate surface area is 112 Å². The Bertz CT molecular complexity index is 415. The van der Waals surface area contributed by atoms with Gasteiger partial charge in [0.15, 0.2) is 0 Å². The Balaban J connectivity index is 1.96. The smallest absolute Gasteiger partial charge is 0.241 e. The fourth-order valence-corrected chi connectivity index (χ4v) is 1.86. The average Bonchev–Trinajstić information content (AvgIpc) is 2.48. The molecule has 1 fully saturated rings. The molecular formula is C13H20N4O2. The van der Waals surface area contributed by atoms with Gasteiger partial charge in [-0.3, -0.25) is 4.79 Å². The van der Waals surface area contributed by atoms with Crippen LogP contribution in [0.5, 0.6) is 0 Å². The summed E-state index contributed by atoms with van der Waals surface area (Å²) in [4.78, 5) is 18.2. The van der Waals surface area contributed by atoms with Crippen LogP contribution < -0.4 is 16.0 Å². The number of nitrogens with zero attached hydrogens (tertiary/aromatic N) is 2. The predicted molar refractivity (Wildman–Crippen MR) is 74.2 cm³/mol. The van der Waals surface area contributed by atoms with E-state index in [1.807, 2.05) is 19.1 Å². The number of anilines is 2. The van der Waals surface area contributed by atoms with Crippen LogP contribution in [0.15, 0.2) is 18.3 Å². The Hall–Kier alpha value is -1.66. The fourth-order valence-electron chi connectivity index (χ4n) is 1.86. The summed E-state index contributed by atoms with van der Waals surface area (Å²) in [6.45, 7) is 5.03. The van der Waals surface area contributed by atoms with Gasteiger partial charge in [-0.15, -0.1) is 0 Å². The lowest BCUT2D eigenvalue weighted by Gasteiger charge is -2.27. The van der Waals surface area contributed by atoms with E-state index in [0.717, 1.165) is 32.1 Å². The van der Waals surface area contributed by atoms with E-state index in [2.05, 4.69) is 15.2 Å². The number of nitrogens with two attached hydrogens (primary N) is 1. The molecule has 1 amide bonds. The number of pyridine rings is 1. The summed E-state index contributed by atoms with van der Waals surface area (Å²) in [5, 5.41) is 2.75. The van der Waals surface area contributed by atoms with Gasteiger partial charge in [0.1, 0.15) is 5.82 Å². The average molecular weight is 264 g/mol. The van der Waals surface area contributed by atoms with Crippen LogP contribution in [0.2, 0.25) is 0 Å². The first kappa shape index (κ1) is 13.8. The van der Waals surface area contributed by atoms with Gasteiger partial charge >= 0.3 is 0 Å². The Morgan fingerprint density at radius 2 is 2.26 bits per heavy atom. The molecule has 0 aromatic carbocycles. The second-order valence-electron chi connectivity index (χ2n) is 4.51. The van der Waals surface area contributed by atoms with Gasteiger partial charge in [0.25, 0.3) is 0 Å². The summed E-state index contributed by atoms with van der Waals surface area (Å²) < 4.78 is 5.30. The van der Waals surface area contributed by atoms with Gasteiger partial charge in [0.2, 0.25) is 5.91 Å². The first-order chi connectivity index (χ1) is 9.20. The summed E-state index contributed by atoms with van der Waals surface area (Å²) in [6.07, 6.45) is 2.27. The lowest BCUT2D eigenvalue weighted by Crippen LogP contribution is -2.37. The van der Waals surface area contributed by atoms with Crippen LogP contribution in [0.3, 0.4) is 0 Å². The van der Waals surface area contributed by atoms with Crippen molar-refractivity contribution >= 4 is 17.4 Å². The zero-order chi connectivity index (χ0) is 13.7. The van der Waals surface area contributed by atoms with Crippen molar-refractivity contribution in [3.05, 3.63) is 18.3 Å². The summed E-state index contributed by atoms with van der Waals surface area (Å²) in [5.41, 5.74) is 6.33. The number of nitrogens with one attached hydrogen (secondary N) is 1. The van der Waals surface area contributed by atoms with Crippen LogP contribution in [0.25, 0.3) is 0 Å². The monoisotopic (exact) mass is 264 g/mol. The molecular weight excluding hydrogens is 244 g/mol. The second kappa shape index (κ2) is 6.49. The molecule has 0 radical (unpaired) electrons. The maximum atomic E-state index is 11.6. The van der Waals surface area contributed by atoms with Crippen LogP contribution in [0.4, 0.5) is 11.5 Å². The van der Waals surface area contributed by atoms with Gasteiger partial charge < -0.3 is 20.7 Å². The maximum Gasteiger partial charge on any atom is 0.241 e. The quantitative estimate of drug-likeness (QED) is 0.832. The van der Waals surface area contributed by atoms with E-state index in [1.165, 1.54) is 0 Å². The standard InChI is InChI=1S/C13H20N4O2/c1-2-11(14)13(18)16-10-3-4-12(15-9-10)17-5-7-19-8-6-17/h3-4,9,11H,2,5-8,14H2,1H3,(H,16,18). The Morgan fingerprint density at radius 3 is 2.84 bits per heavy atom. The normalized spacial score (nSPS) is 17.1. The van der Waals surface area contributed by atoms with Gasteiger partial charge in [-0.25, -0.2) is 4.98 Å². The highest BCUT2D eigenvalue weighted by atomic mass is 16.5. The summed E-state index contributed by atoms with van der Waals surface area (Å²) in [5.74, 6) is 0.726. The van der Waals surface area contributed by atoms with E-state index in [1.54, 1.807) is 6.20 Å². The number of rotatable bonds is 4. The lowest BCUT2D eigenvalue weighted by molar-refractivity contribution is -0.117. The molecule has 1 aromatic heterocycles. The van der Waals surface area contributed by atoms with Crippen molar-refractivity contribution in [1.29, 1.82) is 0 Å². The number of carbonyl (C=O) groups excluding carboxylic acids is 1. The summed E-state index contributed by atoms with van der Waals surface area (Å²) in [6, 6.07) is 3.27. The molecule has 0 spiro atoms. The van der Waals surface area contributed by atoms with Crippen molar-refractivity contribution in [2.75, 3.05) is 36.5 Å². The van der Waals surface area contributed by atoms with E-state index < -0.39 is 6.04 Å². The van der Waals surface area contributed by atoms with Crippen molar-refractivity contribution < 1.29 is 9.53 Å². The number of carbonyl (C=O) groups is 1. The molecule has 104 valence electrons. The molecule has 2 heterocycles. The van der Waals surface area contributed by atoms with Crippen LogP contribution in [-0.4, -0.2) is 43.2 Å². The minimum atomic E-state index is -0.473. The molecule has 1 aromatic rings. The van der Waals surface area contributed by atoms with E-state index in [0.29, 0.717) is 12.1 Å². The van der Waals surface area contributed by atoms with Crippen molar-refractivity contribution in [3.8, 4) is 0 Å². The molecule has 1 atom stereocenters. The number of aromatic nitrogens is 1. The van der Waals surface area contributed by atoms with Crippen LogP contribution >= 0.6 is 0 Å². The van der Waals surface area contributed by atoms with Crippen LogP contribution in [0.1, 0.15) is 13.3 Å². The first-order valence-electron chi connectivity index (χ1n) is 6.56. The fraction of sp³-hybridized carbons (Fsp3) is 0.538. The number of ether oxygens (including phenoxy) is 1. The summed E-state index contributed by atoms with van der Waals surface area (Å²) >= 11 is 0. The molecule has 6 nitrogen and oxygen atoms in total. The number of hydrogen-bond donors (Lipinski definition) is 2. The molecule has 0 saturated carbocycles. The highest BCUT2D eigenvalue weighted by molar-refractivity contribution is 5.94. The molecule has 6 heteroatoms. The molecule has 0 aliphatic carbocycles. The molecule has 2 rings (SSSR count). The molecule has 0 bridgehead atoms. The number of amides is 1. The minimum Gasteiger partial charge on any atom is -0.378 e. The van der Waals surface area contributed by atoms with Gasteiger partial charge in [0, 0.05) is 13.1 Å². The highest BCUT2D eigenvalue weighted by Gasteiger charge is 2.13. The van der Waals surface area contributed by atoms with E-state index in [-0.39, 0.29) is 5.91 Å². The number of hydrogen-bond acceptors (Lipinski definition) is 5. The van der Waals surface area contributed by atoms with E-state index in [9.17, 15) is 4.79 Å². The van der Waals surface area contributed by atoms with Gasteiger partial charge in [-0.2, -0.15) is 0 Å². The third-order valence-electron chi connectivity index (χ3n) is 3.13. The Kier molecular flexibility index (Phi) is 4.70.